The lowest BCUT2D eigenvalue weighted by Gasteiger charge is -2.15. The molecule has 0 spiro atoms. The Balaban J connectivity index is 2.10. The van der Waals surface area contributed by atoms with Crippen LogP contribution in [-0.2, 0) is 0 Å². The second-order valence-corrected chi connectivity index (χ2v) is 6.27. The Bertz CT molecular complexity index is 952. The maximum atomic E-state index is 9.53. The third-order valence-corrected chi connectivity index (χ3v) is 4.20. The average molecular weight is 331 g/mol. The maximum absolute atomic E-state index is 9.53. The van der Waals surface area contributed by atoms with E-state index >= 15 is 0 Å². The molecule has 5 heteroatoms. The normalized spacial score (nSPS) is 11.8. The fourth-order valence-electron chi connectivity index (χ4n) is 3.01. The number of hydrogen-bond acceptors (Lipinski definition) is 3. The molecule has 0 atom stereocenters. The van der Waals surface area contributed by atoms with Crippen molar-refractivity contribution in [2.75, 3.05) is 0 Å². The largest absolute Gasteiger partial charge is 0.303 e. The first-order valence-corrected chi connectivity index (χ1v) is 8.29. The quantitative estimate of drug-likeness (QED) is 0.669. The molecule has 0 aromatic carbocycles. The van der Waals surface area contributed by atoms with Crippen molar-refractivity contribution >= 4 is 11.6 Å². The van der Waals surface area contributed by atoms with Gasteiger partial charge >= 0.3 is 0 Å². The van der Waals surface area contributed by atoms with Gasteiger partial charge in [0.1, 0.15) is 11.9 Å². The highest BCUT2D eigenvalue weighted by Gasteiger charge is 2.15. The number of allylic oxidation sites excluding steroid dienone is 1. The van der Waals surface area contributed by atoms with E-state index in [1.54, 1.807) is 6.20 Å². The van der Waals surface area contributed by atoms with E-state index in [1.807, 2.05) is 41.2 Å². The lowest BCUT2D eigenvalue weighted by molar-refractivity contribution is 0.519. The zero-order valence-electron chi connectivity index (χ0n) is 14.9. The third-order valence-electron chi connectivity index (χ3n) is 4.20. The first-order valence-electron chi connectivity index (χ1n) is 8.29. The summed E-state index contributed by atoms with van der Waals surface area (Å²) in [6.45, 7) is 8.35. The van der Waals surface area contributed by atoms with Crippen molar-refractivity contribution in [1.29, 1.82) is 5.26 Å². The van der Waals surface area contributed by atoms with Crippen LogP contribution in [0.2, 0.25) is 0 Å². The molecule has 0 N–H and O–H groups in total. The Morgan fingerprint density at radius 1 is 1.20 bits per heavy atom. The monoisotopic (exact) mass is 331 g/mol. The summed E-state index contributed by atoms with van der Waals surface area (Å²) in [6.07, 6.45) is 5.42. The van der Waals surface area contributed by atoms with Crippen molar-refractivity contribution in [3.63, 3.8) is 0 Å². The molecule has 0 amide bonds. The van der Waals surface area contributed by atoms with Gasteiger partial charge in [-0.25, -0.2) is 4.68 Å². The number of aryl methyl sites for hydroxylation is 1. The van der Waals surface area contributed by atoms with E-state index in [4.69, 9.17) is 0 Å². The number of rotatable bonds is 4. The van der Waals surface area contributed by atoms with Crippen molar-refractivity contribution in [3.8, 4) is 11.9 Å². The van der Waals surface area contributed by atoms with Crippen LogP contribution in [0.3, 0.4) is 0 Å². The van der Waals surface area contributed by atoms with Gasteiger partial charge in [-0.15, -0.1) is 0 Å². The maximum Gasteiger partial charge on any atom is 0.135 e. The van der Waals surface area contributed by atoms with Gasteiger partial charge in [-0.05, 0) is 57.5 Å². The molecule has 0 unspecified atom stereocenters. The van der Waals surface area contributed by atoms with Gasteiger partial charge in [-0.2, -0.15) is 10.4 Å². The molecular formula is C20H21N5. The van der Waals surface area contributed by atoms with Crippen LogP contribution in [0.1, 0.15) is 42.5 Å². The molecule has 0 aliphatic heterocycles. The van der Waals surface area contributed by atoms with Gasteiger partial charge in [0.15, 0.2) is 0 Å². The number of pyridine rings is 1. The molecule has 3 heterocycles. The van der Waals surface area contributed by atoms with Gasteiger partial charge in [-0.3, -0.25) is 4.98 Å². The molecule has 0 saturated heterocycles. The predicted molar refractivity (Wildman–Crippen MR) is 99.1 cm³/mol. The molecule has 3 aromatic rings. The minimum absolute atomic E-state index is 0.272. The van der Waals surface area contributed by atoms with Crippen molar-refractivity contribution in [3.05, 3.63) is 65.4 Å². The summed E-state index contributed by atoms with van der Waals surface area (Å²) in [5.41, 5.74) is 4.42. The van der Waals surface area contributed by atoms with Gasteiger partial charge in [0.05, 0.1) is 17.5 Å². The molecule has 0 aliphatic carbocycles. The van der Waals surface area contributed by atoms with Crippen molar-refractivity contribution in [2.45, 2.75) is 33.7 Å². The highest BCUT2D eigenvalue weighted by atomic mass is 15.3. The van der Waals surface area contributed by atoms with Crippen molar-refractivity contribution in [2.24, 2.45) is 0 Å². The number of nitrogens with zero attached hydrogens (tertiary/aromatic N) is 5. The second-order valence-electron chi connectivity index (χ2n) is 6.27. The van der Waals surface area contributed by atoms with E-state index in [-0.39, 0.29) is 6.04 Å². The minimum atomic E-state index is 0.272. The Kier molecular flexibility index (Phi) is 4.53. The molecule has 5 nitrogen and oxygen atoms in total. The predicted octanol–water partition coefficient (Wildman–Crippen LogP) is 4.33. The molecular weight excluding hydrogens is 310 g/mol. The van der Waals surface area contributed by atoms with Crippen LogP contribution in [0.4, 0.5) is 0 Å². The number of nitriles is 1. The van der Waals surface area contributed by atoms with E-state index in [1.165, 1.54) is 0 Å². The van der Waals surface area contributed by atoms with Gasteiger partial charge in [0.2, 0.25) is 0 Å². The molecule has 3 aromatic heterocycles. The summed E-state index contributed by atoms with van der Waals surface area (Å²) in [6, 6.07) is 12.2. The Morgan fingerprint density at radius 3 is 2.64 bits per heavy atom. The van der Waals surface area contributed by atoms with E-state index in [0.29, 0.717) is 11.3 Å². The second kappa shape index (κ2) is 6.78. The van der Waals surface area contributed by atoms with E-state index in [0.717, 1.165) is 22.8 Å². The van der Waals surface area contributed by atoms with Crippen LogP contribution in [0.25, 0.3) is 17.5 Å². The first-order chi connectivity index (χ1) is 12.0. The highest BCUT2D eigenvalue weighted by Crippen LogP contribution is 2.25. The Labute approximate surface area is 147 Å². The number of aromatic nitrogens is 4. The summed E-state index contributed by atoms with van der Waals surface area (Å²) in [7, 11) is 0. The summed E-state index contributed by atoms with van der Waals surface area (Å²) in [5, 5.41) is 14.0. The van der Waals surface area contributed by atoms with Crippen LogP contribution in [0.5, 0.6) is 0 Å². The molecule has 0 fully saturated rings. The van der Waals surface area contributed by atoms with Crippen LogP contribution in [0.15, 0.2) is 42.7 Å². The molecule has 0 radical (unpaired) electrons. The zero-order valence-corrected chi connectivity index (χ0v) is 14.9. The molecule has 0 saturated carbocycles. The molecule has 126 valence electrons. The van der Waals surface area contributed by atoms with Crippen LogP contribution in [0, 0.1) is 25.2 Å². The summed E-state index contributed by atoms with van der Waals surface area (Å²) in [4.78, 5) is 4.28. The average Bonchev–Trinajstić information content (AvgIpc) is 3.18. The topological polar surface area (TPSA) is 59.4 Å². The van der Waals surface area contributed by atoms with Crippen LogP contribution >= 0.6 is 0 Å². The summed E-state index contributed by atoms with van der Waals surface area (Å²) in [5.74, 6) is 1.03. The molecule has 3 rings (SSSR count). The highest BCUT2D eigenvalue weighted by molar-refractivity contribution is 5.88. The lowest BCUT2D eigenvalue weighted by Crippen LogP contribution is -2.11. The SMILES string of the molecule is Cc1cc(/C=C(/C#N)c2ccccn2)c(C)n1-c1ccnn1C(C)C. The standard InChI is InChI=1S/C20H21N5/c1-14(2)25-20(8-10-23-25)24-15(3)11-17(16(24)4)12-18(13-21)19-7-5-6-9-22-19/h5-12,14H,1-4H3/b18-12-. The van der Waals surface area contributed by atoms with Crippen molar-refractivity contribution in [1.82, 2.24) is 19.3 Å². The molecule has 25 heavy (non-hydrogen) atoms. The van der Waals surface area contributed by atoms with Gasteiger partial charge in [0, 0.05) is 29.7 Å². The van der Waals surface area contributed by atoms with Gasteiger partial charge < -0.3 is 4.57 Å². The van der Waals surface area contributed by atoms with Crippen LogP contribution < -0.4 is 0 Å². The fraction of sp³-hybridized carbons (Fsp3) is 0.250. The van der Waals surface area contributed by atoms with Crippen LogP contribution in [-0.4, -0.2) is 19.3 Å². The van der Waals surface area contributed by atoms with E-state index < -0.39 is 0 Å². The van der Waals surface area contributed by atoms with E-state index in [9.17, 15) is 5.26 Å². The Morgan fingerprint density at radius 2 is 2.00 bits per heavy atom. The van der Waals surface area contributed by atoms with Gasteiger partial charge in [0.25, 0.3) is 0 Å². The summed E-state index contributed by atoms with van der Waals surface area (Å²) >= 11 is 0. The molecule has 0 aliphatic rings. The molecule has 0 bridgehead atoms. The fourth-order valence-corrected chi connectivity index (χ4v) is 3.01. The van der Waals surface area contributed by atoms with Gasteiger partial charge in [-0.1, -0.05) is 6.07 Å². The Hall–Kier alpha value is -3.13. The minimum Gasteiger partial charge on any atom is -0.303 e. The first kappa shape index (κ1) is 16.7. The smallest absolute Gasteiger partial charge is 0.135 e. The third kappa shape index (κ3) is 3.11. The zero-order chi connectivity index (χ0) is 18.0. The van der Waals surface area contributed by atoms with E-state index in [2.05, 4.69) is 54.5 Å². The van der Waals surface area contributed by atoms with Crippen molar-refractivity contribution < 1.29 is 0 Å². The lowest BCUT2D eigenvalue weighted by atomic mass is 10.1. The number of hydrogen-bond donors (Lipinski definition) is 0. The summed E-state index contributed by atoms with van der Waals surface area (Å²) < 4.78 is 4.17.